The van der Waals surface area contributed by atoms with Gasteiger partial charge in [0.25, 0.3) is 5.91 Å². The highest BCUT2D eigenvalue weighted by Gasteiger charge is 2.29. The first-order valence-corrected chi connectivity index (χ1v) is 7.09. The second-order valence-electron chi connectivity index (χ2n) is 4.54. The van der Waals surface area contributed by atoms with Gasteiger partial charge in [0.2, 0.25) is 11.0 Å². The number of benzene rings is 1. The van der Waals surface area contributed by atoms with Gasteiger partial charge in [-0.25, -0.2) is 0 Å². The summed E-state index contributed by atoms with van der Waals surface area (Å²) in [5, 5.41) is 13.3. The fourth-order valence-corrected chi connectivity index (χ4v) is 2.13. The number of amides is 2. The van der Waals surface area contributed by atoms with Gasteiger partial charge in [0.1, 0.15) is 5.51 Å². The molecule has 102 valence electrons. The average Bonchev–Trinajstić information content (AvgIpc) is 3.19. The minimum Gasteiger partial charge on any atom is -0.326 e. The second-order valence-corrected chi connectivity index (χ2v) is 5.37. The van der Waals surface area contributed by atoms with Gasteiger partial charge in [-0.2, -0.15) is 0 Å². The molecule has 0 aliphatic heterocycles. The number of hydrogen-bond acceptors (Lipinski definition) is 5. The zero-order valence-corrected chi connectivity index (χ0v) is 11.3. The number of nitrogens with one attached hydrogen (secondary N) is 2. The van der Waals surface area contributed by atoms with Crippen LogP contribution in [0.3, 0.4) is 0 Å². The first-order chi connectivity index (χ1) is 9.72. The van der Waals surface area contributed by atoms with Crippen LogP contribution in [0.25, 0.3) is 0 Å². The Bertz CT molecular complexity index is 620. The van der Waals surface area contributed by atoms with Crippen LogP contribution in [0.2, 0.25) is 0 Å². The highest BCUT2D eigenvalue weighted by Crippen LogP contribution is 2.30. The van der Waals surface area contributed by atoms with Crippen molar-refractivity contribution in [2.75, 3.05) is 10.6 Å². The Labute approximate surface area is 119 Å². The van der Waals surface area contributed by atoms with Crippen molar-refractivity contribution in [2.24, 2.45) is 5.92 Å². The number of carbonyl (C=O) groups is 2. The summed E-state index contributed by atoms with van der Waals surface area (Å²) in [4.78, 5) is 23.5. The van der Waals surface area contributed by atoms with E-state index in [2.05, 4.69) is 20.8 Å². The molecular formula is C13H12N4O2S. The first-order valence-electron chi connectivity index (χ1n) is 6.21. The molecule has 1 fully saturated rings. The molecule has 6 nitrogen and oxygen atoms in total. The highest BCUT2D eigenvalue weighted by molar-refractivity contribution is 7.13. The van der Waals surface area contributed by atoms with Gasteiger partial charge in [0, 0.05) is 17.2 Å². The molecule has 0 saturated heterocycles. The van der Waals surface area contributed by atoms with E-state index in [4.69, 9.17) is 0 Å². The first kappa shape index (κ1) is 12.7. The van der Waals surface area contributed by atoms with Crippen molar-refractivity contribution in [3.05, 3.63) is 35.3 Å². The van der Waals surface area contributed by atoms with Gasteiger partial charge in [-0.05, 0) is 37.1 Å². The van der Waals surface area contributed by atoms with E-state index in [0.717, 1.165) is 12.8 Å². The van der Waals surface area contributed by atoms with Gasteiger partial charge in [-0.15, -0.1) is 10.2 Å². The van der Waals surface area contributed by atoms with Crippen molar-refractivity contribution >= 4 is 34.0 Å². The van der Waals surface area contributed by atoms with Crippen molar-refractivity contribution in [3.63, 3.8) is 0 Å². The number of carbonyl (C=O) groups excluding carboxylic acids is 2. The molecule has 0 spiro atoms. The van der Waals surface area contributed by atoms with Crippen LogP contribution in [0.1, 0.15) is 23.2 Å². The fraction of sp³-hybridized carbons (Fsp3) is 0.231. The predicted molar refractivity (Wildman–Crippen MR) is 75.7 cm³/mol. The largest absolute Gasteiger partial charge is 0.326 e. The third kappa shape index (κ3) is 3.00. The Morgan fingerprint density at radius 2 is 1.90 bits per heavy atom. The second kappa shape index (κ2) is 5.38. The molecule has 1 aromatic carbocycles. The SMILES string of the molecule is O=C(Nc1nncs1)c1ccc(NC(=O)C2CC2)cc1. The van der Waals surface area contributed by atoms with Gasteiger partial charge in [-0.1, -0.05) is 11.3 Å². The summed E-state index contributed by atoms with van der Waals surface area (Å²) in [5.41, 5.74) is 2.76. The summed E-state index contributed by atoms with van der Waals surface area (Å²) in [7, 11) is 0. The van der Waals surface area contributed by atoms with E-state index in [0.29, 0.717) is 16.4 Å². The molecule has 1 aliphatic rings. The van der Waals surface area contributed by atoms with Crippen molar-refractivity contribution in [2.45, 2.75) is 12.8 Å². The third-order valence-corrected chi connectivity index (χ3v) is 3.55. The molecule has 0 unspecified atom stereocenters. The van der Waals surface area contributed by atoms with E-state index in [1.807, 2.05) is 0 Å². The molecule has 1 heterocycles. The Balaban J connectivity index is 1.63. The molecule has 2 amide bonds. The van der Waals surface area contributed by atoms with Gasteiger partial charge in [-0.3, -0.25) is 14.9 Å². The number of aromatic nitrogens is 2. The maximum Gasteiger partial charge on any atom is 0.257 e. The standard InChI is InChI=1S/C13H12N4O2S/c18-11(8-1-2-8)15-10-5-3-9(4-6-10)12(19)16-13-17-14-7-20-13/h3-8H,1-2H2,(H,15,18)(H,16,17,19). The van der Waals surface area contributed by atoms with E-state index < -0.39 is 0 Å². The zero-order valence-electron chi connectivity index (χ0n) is 10.5. The minimum absolute atomic E-state index is 0.0519. The summed E-state index contributed by atoms with van der Waals surface area (Å²) in [6, 6.07) is 6.77. The lowest BCUT2D eigenvalue weighted by Crippen LogP contribution is -2.14. The quantitative estimate of drug-likeness (QED) is 0.902. The van der Waals surface area contributed by atoms with Crippen LogP contribution >= 0.6 is 11.3 Å². The Kier molecular flexibility index (Phi) is 3.42. The van der Waals surface area contributed by atoms with Crippen LogP contribution in [0, 0.1) is 5.92 Å². The monoisotopic (exact) mass is 288 g/mol. The van der Waals surface area contributed by atoms with E-state index in [9.17, 15) is 9.59 Å². The van der Waals surface area contributed by atoms with Crippen molar-refractivity contribution in [1.82, 2.24) is 10.2 Å². The minimum atomic E-state index is -0.248. The molecule has 20 heavy (non-hydrogen) atoms. The fourth-order valence-electron chi connectivity index (χ4n) is 1.69. The summed E-state index contributed by atoms with van der Waals surface area (Å²) in [6.45, 7) is 0. The predicted octanol–water partition coefficient (Wildman–Crippen LogP) is 2.14. The van der Waals surface area contributed by atoms with Crippen LogP contribution in [-0.4, -0.2) is 22.0 Å². The van der Waals surface area contributed by atoms with E-state index in [1.54, 1.807) is 29.8 Å². The van der Waals surface area contributed by atoms with Crippen LogP contribution in [0.5, 0.6) is 0 Å². The van der Waals surface area contributed by atoms with Crippen molar-refractivity contribution in [1.29, 1.82) is 0 Å². The summed E-state index contributed by atoms with van der Waals surface area (Å²) < 4.78 is 0. The summed E-state index contributed by atoms with van der Waals surface area (Å²) in [6.07, 6.45) is 1.93. The molecule has 0 bridgehead atoms. The zero-order chi connectivity index (χ0) is 13.9. The summed E-state index contributed by atoms with van der Waals surface area (Å²) in [5.74, 6) is -0.0340. The van der Waals surface area contributed by atoms with Crippen LogP contribution in [0.15, 0.2) is 29.8 Å². The lowest BCUT2D eigenvalue weighted by molar-refractivity contribution is -0.117. The maximum absolute atomic E-state index is 11.9. The molecule has 1 saturated carbocycles. The molecule has 2 N–H and O–H groups in total. The Morgan fingerprint density at radius 1 is 1.15 bits per heavy atom. The number of nitrogens with zero attached hydrogens (tertiary/aromatic N) is 2. The molecule has 1 aromatic heterocycles. The molecule has 1 aliphatic carbocycles. The van der Waals surface area contributed by atoms with Gasteiger partial charge in [0.15, 0.2) is 0 Å². The van der Waals surface area contributed by atoms with E-state index in [1.165, 1.54) is 11.3 Å². The van der Waals surface area contributed by atoms with E-state index >= 15 is 0 Å². The summed E-state index contributed by atoms with van der Waals surface area (Å²) >= 11 is 1.26. The highest BCUT2D eigenvalue weighted by atomic mass is 32.1. The topological polar surface area (TPSA) is 84.0 Å². The molecule has 0 radical (unpaired) electrons. The van der Waals surface area contributed by atoms with Crippen molar-refractivity contribution < 1.29 is 9.59 Å². The molecular weight excluding hydrogens is 276 g/mol. The molecule has 0 atom stereocenters. The van der Waals surface area contributed by atoms with Gasteiger partial charge in [0.05, 0.1) is 0 Å². The normalized spacial score (nSPS) is 13.8. The van der Waals surface area contributed by atoms with E-state index in [-0.39, 0.29) is 17.7 Å². The maximum atomic E-state index is 11.9. The Morgan fingerprint density at radius 3 is 2.50 bits per heavy atom. The number of rotatable bonds is 4. The van der Waals surface area contributed by atoms with Gasteiger partial charge >= 0.3 is 0 Å². The number of hydrogen-bond donors (Lipinski definition) is 2. The number of anilines is 2. The van der Waals surface area contributed by atoms with Crippen LogP contribution in [0.4, 0.5) is 10.8 Å². The smallest absolute Gasteiger partial charge is 0.257 e. The van der Waals surface area contributed by atoms with Crippen molar-refractivity contribution in [3.8, 4) is 0 Å². The average molecular weight is 288 g/mol. The Hall–Kier alpha value is -2.28. The molecule has 2 aromatic rings. The molecule has 3 rings (SSSR count). The van der Waals surface area contributed by atoms with Crippen LogP contribution in [-0.2, 0) is 4.79 Å². The lowest BCUT2D eigenvalue weighted by atomic mass is 10.2. The van der Waals surface area contributed by atoms with Gasteiger partial charge < -0.3 is 5.32 Å². The lowest BCUT2D eigenvalue weighted by Gasteiger charge is -2.05. The van der Waals surface area contributed by atoms with Crippen LogP contribution < -0.4 is 10.6 Å². The molecule has 7 heteroatoms. The third-order valence-electron chi connectivity index (χ3n) is 2.94.